The van der Waals surface area contributed by atoms with Gasteiger partial charge < -0.3 is 10.5 Å². The Hall–Kier alpha value is -0.770. The van der Waals surface area contributed by atoms with Crippen molar-refractivity contribution in [2.24, 2.45) is 0 Å². The van der Waals surface area contributed by atoms with Gasteiger partial charge in [0, 0.05) is 10.6 Å². The maximum absolute atomic E-state index is 11.3. The van der Waals surface area contributed by atoms with Gasteiger partial charge in [0.25, 0.3) is 0 Å². The summed E-state index contributed by atoms with van der Waals surface area (Å²) in [6.07, 6.45) is 0.217. The molecule has 0 spiro atoms. The molecule has 1 atom stereocenters. The number of carbonyl (C=O) groups is 1. The molecule has 0 saturated heterocycles. The van der Waals surface area contributed by atoms with Crippen LogP contribution in [-0.2, 0) is 9.53 Å². The van der Waals surface area contributed by atoms with Crippen LogP contribution in [0.2, 0.25) is 10.0 Å². The molecule has 0 aliphatic heterocycles. The smallest absolute Gasteiger partial charge is 0.312 e. The number of benzene rings is 1. The maximum atomic E-state index is 11.3. The van der Waals surface area contributed by atoms with Crippen molar-refractivity contribution in [1.29, 1.82) is 0 Å². The van der Waals surface area contributed by atoms with E-state index in [1.165, 1.54) is 0 Å². The molecule has 1 aromatic carbocycles. The zero-order valence-electron chi connectivity index (χ0n) is 9.00. The van der Waals surface area contributed by atoms with Crippen molar-refractivity contribution in [3.8, 4) is 0 Å². The lowest BCUT2D eigenvalue weighted by molar-refractivity contribution is -0.425. The summed E-state index contributed by atoms with van der Waals surface area (Å²) in [4.78, 5) is 11.3. The van der Waals surface area contributed by atoms with E-state index in [1.54, 1.807) is 25.1 Å². The van der Waals surface area contributed by atoms with Crippen LogP contribution < -0.4 is 5.73 Å². The lowest BCUT2D eigenvalue weighted by Gasteiger charge is -2.10. The second kappa shape index (κ2) is 6.09. The molecule has 88 valence electrons. The molecule has 0 amide bonds. The van der Waals surface area contributed by atoms with E-state index in [1.807, 2.05) is 0 Å². The SMILES string of the molecule is CCOC(=O)C[C@@H]([NH3+])c1ccc(Cl)cc1Cl. The molecule has 0 radical (unpaired) electrons. The van der Waals surface area contributed by atoms with Crippen LogP contribution in [0.1, 0.15) is 24.9 Å². The van der Waals surface area contributed by atoms with Crippen LogP contribution in [0.4, 0.5) is 0 Å². The third-order valence-corrected chi connectivity index (χ3v) is 2.68. The fourth-order valence-electron chi connectivity index (χ4n) is 1.36. The highest BCUT2D eigenvalue weighted by molar-refractivity contribution is 6.35. The Morgan fingerprint density at radius 1 is 1.50 bits per heavy atom. The predicted molar refractivity (Wildman–Crippen MR) is 63.3 cm³/mol. The highest BCUT2D eigenvalue weighted by Crippen LogP contribution is 2.25. The highest BCUT2D eigenvalue weighted by atomic mass is 35.5. The Morgan fingerprint density at radius 3 is 2.75 bits per heavy atom. The van der Waals surface area contributed by atoms with Crippen molar-refractivity contribution in [3.05, 3.63) is 33.8 Å². The molecule has 16 heavy (non-hydrogen) atoms. The predicted octanol–water partition coefficient (Wildman–Crippen LogP) is 2.23. The normalized spacial score (nSPS) is 12.2. The van der Waals surface area contributed by atoms with Gasteiger partial charge in [-0.1, -0.05) is 29.3 Å². The Kier molecular flexibility index (Phi) is 5.06. The van der Waals surface area contributed by atoms with Gasteiger partial charge in [0.15, 0.2) is 0 Å². The average molecular weight is 263 g/mol. The fraction of sp³-hybridized carbons (Fsp3) is 0.364. The Labute approximate surface area is 104 Å². The number of quaternary nitrogens is 1. The zero-order chi connectivity index (χ0) is 12.1. The maximum Gasteiger partial charge on any atom is 0.312 e. The second-order valence-electron chi connectivity index (χ2n) is 3.37. The van der Waals surface area contributed by atoms with E-state index in [-0.39, 0.29) is 18.4 Å². The monoisotopic (exact) mass is 262 g/mol. The molecule has 0 aliphatic rings. The zero-order valence-corrected chi connectivity index (χ0v) is 10.5. The van der Waals surface area contributed by atoms with Gasteiger partial charge in [0.05, 0.1) is 11.6 Å². The molecule has 3 N–H and O–H groups in total. The molecule has 1 rings (SSSR count). The van der Waals surface area contributed by atoms with Crippen LogP contribution in [0.25, 0.3) is 0 Å². The average Bonchev–Trinajstić information content (AvgIpc) is 2.17. The third kappa shape index (κ3) is 3.67. The van der Waals surface area contributed by atoms with Crippen LogP contribution in [0.3, 0.4) is 0 Å². The van der Waals surface area contributed by atoms with Crippen LogP contribution in [0.15, 0.2) is 18.2 Å². The van der Waals surface area contributed by atoms with Crippen molar-refractivity contribution < 1.29 is 15.3 Å². The van der Waals surface area contributed by atoms with E-state index in [2.05, 4.69) is 5.73 Å². The summed E-state index contributed by atoms with van der Waals surface area (Å²) in [6, 6.07) is 4.93. The highest BCUT2D eigenvalue weighted by Gasteiger charge is 2.18. The molecular formula is C11H14Cl2NO2+. The molecule has 0 heterocycles. The summed E-state index contributed by atoms with van der Waals surface area (Å²) < 4.78 is 4.85. The number of halogens is 2. The number of hydrogen-bond acceptors (Lipinski definition) is 2. The summed E-state index contributed by atoms with van der Waals surface area (Å²) in [7, 11) is 0. The lowest BCUT2D eigenvalue weighted by atomic mass is 10.1. The van der Waals surface area contributed by atoms with Gasteiger partial charge >= 0.3 is 5.97 Å². The summed E-state index contributed by atoms with van der Waals surface area (Å²) >= 11 is 11.8. The van der Waals surface area contributed by atoms with E-state index in [9.17, 15) is 4.79 Å². The van der Waals surface area contributed by atoms with Gasteiger partial charge in [-0.25, -0.2) is 0 Å². The van der Waals surface area contributed by atoms with Gasteiger partial charge in [-0.05, 0) is 19.1 Å². The summed E-state index contributed by atoms with van der Waals surface area (Å²) in [5, 5.41) is 1.09. The first kappa shape index (κ1) is 13.3. The molecule has 3 nitrogen and oxygen atoms in total. The second-order valence-corrected chi connectivity index (χ2v) is 4.22. The van der Waals surface area contributed by atoms with Gasteiger partial charge in [-0.2, -0.15) is 0 Å². The van der Waals surface area contributed by atoms with E-state index >= 15 is 0 Å². The minimum Gasteiger partial charge on any atom is -0.466 e. The molecule has 0 unspecified atom stereocenters. The molecule has 0 aliphatic carbocycles. The summed E-state index contributed by atoms with van der Waals surface area (Å²) in [6.45, 7) is 2.14. The molecule has 0 fully saturated rings. The number of carbonyl (C=O) groups excluding carboxylic acids is 1. The van der Waals surface area contributed by atoms with Crippen LogP contribution >= 0.6 is 23.2 Å². The van der Waals surface area contributed by atoms with Crippen molar-refractivity contribution in [3.63, 3.8) is 0 Å². The molecule has 0 saturated carbocycles. The van der Waals surface area contributed by atoms with Gasteiger partial charge in [0.1, 0.15) is 12.5 Å². The Morgan fingerprint density at radius 2 is 2.19 bits per heavy atom. The van der Waals surface area contributed by atoms with Crippen molar-refractivity contribution in [2.75, 3.05) is 6.61 Å². The van der Waals surface area contributed by atoms with Crippen LogP contribution in [0.5, 0.6) is 0 Å². The summed E-state index contributed by atoms with van der Waals surface area (Å²) in [5.41, 5.74) is 4.70. The van der Waals surface area contributed by atoms with Gasteiger partial charge in [-0.3, -0.25) is 4.79 Å². The summed E-state index contributed by atoms with van der Waals surface area (Å²) in [5.74, 6) is -0.270. The van der Waals surface area contributed by atoms with Crippen molar-refractivity contribution in [1.82, 2.24) is 0 Å². The first-order valence-electron chi connectivity index (χ1n) is 4.98. The molecular weight excluding hydrogens is 249 g/mol. The third-order valence-electron chi connectivity index (χ3n) is 2.12. The topological polar surface area (TPSA) is 53.9 Å². The van der Waals surface area contributed by atoms with E-state index in [4.69, 9.17) is 27.9 Å². The van der Waals surface area contributed by atoms with E-state index in [0.717, 1.165) is 5.56 Å². The first-order chi connectivity index (χ1) is 7.54. The van der Waals surface area contributed by atoms with Crippen LogP contribution in [-0.4, -0.2) is 12.6 Å². The van der Waals surface area contributed by atoms with Crippen molar-refractivity contribution in [2.45, 2.75) is 19.4 Å². The fourth-order valence-corrected chi connectivity index (χ4v) is 1.93. The standard InChI is InChI=1S/C11H13Cl2NO2/c1-2-16-11(15)6-10(14)8-4-3-7(12)5-9(8)13/h3-5,10H,2,6,14H2,1H3/p+1/t10-/m1/s1. The molecule has 0 aromatic heterocycles. The number of ether oxygens (including phenoxy) is 1. The Bertz CT molecular complexity index is 382. The van der Waals surface area contributed by atoms with Crippen LogP contribution in [0, 0.1) is 0 Å². The Balaban J connectivity index is 2.72. The van der Waals surface area contributed by atoms with E-state index < -0.39 is 0 Å². The molecule has 1 aromatic rings. The first-order valence-corrected chi connectivity index (χ1v) is 5.73. The number of hydrogen-bond donors (Lipinski definition) is 1. The number of rotatable bonds is 4. The van der Waals surface area contributed by atoms with Gasteiger partial charge in [0.2, 0.25) is 0 Å². The minimum atomic E-state index is -0.270. The number of esters is 1. The largest absolute Gasteiger partial charge is 0.466 e. The lowest BCUT2D eigenvalue weighted by Crippen LogP contribution is -2.54. The molecule has 0 bridgehead atoms. The minimum absolute atomic E-state index is 0.217. The van der Waals surface area contributed by atoms with Crippen molar-refractivity contribution >= 4 is 29.2 Å². The van der Waals surface area contributed by atoms with E-state index in [0.29, 0.717) is 16.7 Å². The molecule has 5 heteroatoms. The van der Waals surface area contributed by atoms with Gasteiger partial charge in [-0.15, -0.1) is 0 Å². The quantitative estimate of drug-likeness (QED) is 0.847.